The maximum Gasteiger partial charge on any atom is 0.292 e. The van der Waals surface area contributed by atoms with Crippen molar-refractivity contribution in [3.8, 4) is 5.82 Å². The van der Waals surface area contributed by atoms with Crippen LogP contribution in [0.4, 0.5) is 5.82 Å². The third-order valence-electron chi connectivity index (χ3n) is 5.12. The number of rotatable bonds is 5. The van der Waals surface area contributed by atoms with Gasteiger partial charge < -0.3 is 10.5 Å². The monoisotopic (exact) mass is 403 g/mol. The molecule has 3 heterocycles. The lowest BCUT2D eigenvalue weighted by atomic mass is 10.2. The molecule has 4 rings (SSSR count). The van der Waals surface area contributed by atoms with Crippen molar-refractivity contribution in [1.29, 1.82) is 0 Å². The average molecular weight is 403 g/mol. The van der Waals surface area contributed by atoms with Crippen molar-refractivity contribution in [3.05, 3.63) is 11.4 Å². The molecular formula is C17H25N9O3. The van der Waals surface area contributed by atoms with Gasteiger partial charge in [0, 0.05) is 25.3 Å². The molecule has 0 atom stereocenters. The second kappa shape index (κ2) is 9.09. The second-order valence-corrected chi connectivity index (χ2v) is 7.19. The Bertz CT molecular complexity index is 859. The maximum atomic E-state index is 13.0. The molecule has 3 N–H and O–H groups in total. The van der Waals surface area contributed by atoms with E-state index in [0.717, 1.165) is 44.5 Å². The summed E-state index contributed by atoms with van der Waals surface area (Å²) in [4.78, 5) is 15.2. The van der Waals surface area contributed by atoms with Gasteiger partial charge in [-0.3, -0.25) is 9.69 Å². The number of morpholine rings is 1. The zero-order chi connectivity index (χ0) is 20.1. The normalized spacial score (nSPS) is 18.4. The number of hydrazone groups is 1. The summed E-state index contributed by atoms with van der Waals surface area (Å²) in [5, 5.41) is 19.9. The van der Waals surface area contributed by atoms with Crippen LogP contribution in [0.5, 0.6) is 0 Å². The minimum atomic E-state index is -0.419. The number of nitrogens with one attached hydrogen (secondary N) is 1. The fourth-order valence-corrected chi connectivity index (χ4v) is 3.54. The van der Waals surface area contributed by atoms with E-state index in [9.17, 15) is 4.79 Å². The van der Waals surface area contributed by atoms with Gasteiger partial charge in [-0.05, 0) is 36.0 Å². The molecule has 2 fully saturated rings. The first-order chi connectivity index (χ1) is 14.2. The van der Waals surface area contributed by atoms with Gasteiger partial charge >= 0.3 is 0 Å². The van der Waals surface area contributed by atoms with E-state index in [0.29, 0.717) is 25.5 Å². The van der Waals surface area contributed by atoms with E-state index >= 15 is 0 Å². The molecule has 0 spiro atoms. The van der Waals surface area contributed by atoms with E-state index in [4.69, 9.17) is 10.5 Å². The highest BCUT2D eigenvalue weighted by Crippen LogP contribution is 2.18. The highest BCUT2D eigenvalue weighted by atomic mass is 16.6. The molecule has 0 bridgehead atoms. The van der Waals surface area contributed by atoms with Crippen molar-refractivity contribution in [3.63, 3.8) is 0 Å². The van der Waals surface area contributed by atoms with Gasteiger partial charge in [0.05, 0.1) is 13.2 Å². The zero-order valence-electron chi connectivity index (χ0n) is 16.2. The van der Waals surface area contributed by atoms with Gasteiger partial charge in [-0.25, -0.2) is 10.1 Å². The molecule has 1 aliphatic heterocycles. The van der Waals surface area contributed by atoms with Crippen molar-refractivity contribution < 1.29 is 14.2 Å². The summed E-state index contributed by atoms with van der Waals surface area (Å²) in [6, 6.07) is 0. The van der Waals surface area contributed by atoms with Crippen LogP contribution in [0.1, 0.15) is 54.7 Å². The van der Waals surface area contributed by atoms with Crippen LogP contribution < -0.4 is 11.2 Å². The third kappa shape index (κ3) is 4.59. The fourth-order valence-electron chi connectivity index (χ4n) is 3.54. The number of carbonyl (C=O) groups is 1. The van der Waals surface area contributed by atoms with Crippen LogP contribution >= 0.6 is 0 Å². The van der Waals surface area contributed by atoms with Gasteiger partial charge in [0.15, 0.2) is 5.69 Å². The first kappa shape index (κ1) is 19.5. The Morgan fingerprint density at radius 3 is 2.59 bits per heavy atom. The van der Waals surface area contributed by atoms with Gasteiger partial charge in [-0.1, -0.05) is 18.1 Å². The number of hydrogen-bond acceptors (Lipinski definition) is 10. The summed E-state index contributed by atoms with van der Waals surface area (Å²) >= 11 is 0. The molecule has 1 aliphatic carbocycles. The number of nitrogens with two attached hydrogens (primary N) is 1. The van der Waals surface area contributed by atoms with Gasteiger partial charge in [0.2, 0.25) is 11.6 Å². The molecule has 1 saturated heterocycles. The zero-order valence-corrected chi connectivity index (χ0v) is 16.2. The molecule has 1 amide bonds. The summed E-state index contributed by atoms with van der Waals surface area (Å²) in [5.41, 5.74) is 10.2. The molecule has 0 unspecified atom stereocenters. The minimum Gasteiger partial charge on any atom is -0.379 e. The Kier molecular flexibility index (Phi) is 6.10. The standard InChI is InChI=1S/C17H25N9O3/c18-15-16(23-29-22-15)26-14(13(20-24-26)11-25-7-9-28-10-8-25)17(27)21-19-12-5-3-1-2-4-6-12/h1-11H2,(H2,18,22)(H,21,27). The third-order valence-corrected chi connectivity index (χ3v) is 5.12. The quantitative estimate of drug-likeness (QED) is 0.537. The highest BCUT2D eigenvalue weighted by molar-refractivity contribution is 5.95. The lowest BCUT2D eigenvalue weighted by molar-refractivity contribution is 0.0335. The minimum absolute atomic E-state index is 0.0250. The van der Waals surface area contributed by atoms with Crippen molar-refractivity contribution in [1.82, 2.24) is 35.6 Å². The van der Waals surface area contributed by atoms with Gasteiger partial charge in [0.25, 0.3) is 5.91 Å². The highest BCUT2D eigenvalue weighted by Gasteiger charge is 2.26. The molecule has 29 heavy (non-hydrogen) atoms. The van der Waals surface area contributed by atoms with Crippen LogP contribution in [0.25, 0.3) is 5.82 Å². The van der Waals surface area contributed by atoms with E-state index < -0.39 is 5.91 Å². The number of carbonyl (C=O) groups excluding carboxylic acids is 1. The molecule has 0 aromatic carbocycles. The van der Waals surface area contributed by atoms with Crippen LogP contribution in [-0.4, -0.2) is 68.1 Å². The number of ether oxygens (including phenoxy) is 1. The SMILES string of the molecule is Nc1nonc1-n1nnc(CN2CCOCC2)c1C(=O)NN=C1CCCCCC1. The van der Waals surface area contributed by atoms with Gasteiger partial charge in [-0.2, -0.15) is 9.78 Å². The summed E-state index contributed by atoms with van der Waals surface area (Å²) in [6.45, 7) is 3.24. The smallest absolute Gasteiger partial charge is 0.292 e. The fraction of sp³-hybridized carbons (Fsp3) is 0.647. The topological polar surface area (TPSA) is 150 Å². The number of amides is 1. The van der Waals surface area contributed by atoms with Crippen LogP contribution in [-0.2, 0) is 11.3 Å². The Morgan fingerprint density at radius 2 is 1.90 bits per heavy atom. The number of hydrogen-bond donors (Lipinski definition) is 2. The summed E-state index contributed by atoms with van der Waals surface area (Å²) in [6.07, 6.45) is 6.39. The molecule has 2 aromatic rings. The lowest BCUT2D eigenvalue weighted by Crippen LogP contribution is -2.36. The first-order valence-electron chi connectivity index (χ1n) is 9.91. The Hall–Kier alpha value is -2.86. The van der Waals surface area contributed by atoms with Crippen molar-refractivity contribution >= 4 is 17.4 Å². The van der Waals surface area contributed by atoms with Crippen LogP contribution in [0.15, 0.2) is 9.73 Å². The molecule has 1 saturated carbocycles. The Morgan fingerprint density at radius 1 is 1.14 bits per heavy atom. The van der Waals surface area contributed by atoms with Gasteiger partial charge in [-0.15, -0.1) is 5.10 Å². The van der Waals surface area contributed by atoms with E-state index in [1.165, 1.54) is 17.5 Å². The largest absolute Gasteiger partial charge is 0.379 e. The summed E-state index contributed by atoms with van der Waals surface area (Å²) < 4.78 is 11.3. The predicted octanol–water partition coefficient (Wildman–Crippen LogP) is 0.505. The average Bonchev–Trinajstić information content (AvgIpc) is 3.24. The van der Waals surface area contributed by atoms with Crippen molar-refractivity contribution in [2.45, 2.75) is 45.1 Å². The molecule has 2 aromatic heterocycles. The van der Waals surface area contributed by atoms with Crippen LogP contribution in [0, 0.1) is 0 Å². The second-order valence-electron chi connectivity index (χ2n) is 7.19. The number of anilines is 1. The molecule has 156 valence electrons. The molecule has 12 heteroatoms. The van der Waals surface area contributed by atoms with E-state index in [1.54, 1.807) is 0 Å². The van der Waals surface area contributed by atoms with E-state index in [1.807, 2.05) is 0 Å². The number of nitrogens with zero attached hydrogens (tertiary/aromatic N) is 7. The van der Waals surface area contributed by atoms with E-state index in [2.05, 4.69) is 40.7 Å². The Labute approximate surface area is 167 Å². The summed E-state index contributed by atoms with van der Waals surface area (Å²) in [5.74, 6) is -0.271. The van der Waals surface area contributed by atoms with Gasteiger partial charge in [0.1, 0.15) is 5.69 Å². The Balaban J connectivity index is 1.59. The molecular weight excluding hydrogens is 378 g/mol. The van der Waals surface area contributed by atoms with Crippen molar-refractivity contribution in [2.24, 2.45) is 5.10 Å². The molecule has 0 radical (unpaired) electrons. The first-order valence-corrected chi connectivity index (χ1v) is 9.91. The number of nitrogen functional groups attached to an aromatic ring is 1. The number of aromatic nitrogens is 5. The lowest BCUT2D eigenvalue weighted by Gasteiger charge is -2.25. The molecule has 12 nitrogen and oxygen atoms in total. The maximum absolute atomic E-state index is 13.0. The summed E-state index contributed by atoms with van der Waals surface area (Å²) in [7, 11) is 0. The van der Waals surface area contributed by atoms with Crippen molar-refractivity contribution in [2.75, 3.05) is 32.0 Å². The van der Waals surface area contributed by atoms with Crippen LogP contribution in [0.3, 0.4) is 0 Å². The van der Waals surface area contributed by atoms with Crippen LogP contribution in [0.2, 0.25) is 0 Å². The molecule has 2 aliphatic rings. The van der Waals surface area contributed by atoms with E-state index in [-0.39, 0.29) is 17.3 Å². The predicted molar refractivity (Wildman–Crippen MR) is 102 cm³/mol.